The number of amides is 2. The normalized spacial score (nSPS) is 13.9. The SMILES string of the molecule is Cc1ncsc1C(=O)N1CCc2cc(C(=O)NO)sc2C1. The van der Waals surface area contributed by atoms with Gasteiger partial charge in [-0.15, -0.1) is 22.7 Å². The van der Waals surface area contributed by atoms with Gasteiger partial charge in [-0.3, -0.25) is 14.8 Å². The second-order valence-electron chi connectivity index (χ2n) is 4.74. The monoisotopic (exact) mass is 323 g/mol. The number of aromatic nitrogens is 1. The highest BCUT2D eigenvalue weighted by Gasteiger charge is 2.26. The van der Waals surface area contributed by atoms with Crippen molar-refractivity contribution in [3.8, 4) is 0 Å². The molecule has 0 bridgehead atoms. The van der Waals surface area contributed by atoms with Crippen LogP contribution in [-0.4, -0.2) is 33.5 Å². The summed E-state index contributed by atoms with van der Waals surface area (Å²) in [6.07, 6.45) is 0.716. The van der Waals surface area contributed by atoms with E-state index in [-0.39, 0.29) is 5.91 Å². The lowest BCUT2D eigenvalue weighted by atomic mass is 10.1. The van der Waals surface area contributed by atoms with Crippen LogP contribution in [0.3, 0.4) is 0 Å². The van der Waals surface area contributed by atoms with Gasteiger partial charge in [0.1, 0.15) is 4.88 Å². The number of hydrogen-bond acceptors (Lipinski definition) is 6. The fourth-order valence-electron chi connectivity index (χ4n) is 2.31. The molecule has 0 unspecified atom stereocenters. The Morgan fingerprint density at radius 2 is 2.29 bits per heavy atom. The van der Waals surface area contributed by atoms with Crippen LogP contribution in [-0.2, 0) is 13.0 Å². The van der Waals surface area contributed by atoms with Crippen LogP contribution in [0.1, 0.15) is 35.5 Å². The smallest absolute Gasteiger partial charge is 0.284 e. The van der Waals surface area contributed by atoms with Crippen molar-refractivity contribution in [2.45, 2.75) is 19.9 Å². The van der Waals surface area contributed by atoms with Crippen molar-refractivity contribution in [1.82, 2.24) is 15.4 Å². The molecule has 1 aliphatic heterocycles. The van der Waals surface area contributed by atoms with E-state index < -0.39 is 5.91 Å². The van der Waals surface area contributed by atoms with Gasteiger partial charge in [0.25, 0.3) is 11.8 Å². The highest BCUT2D eigenvalue weighted by atomic mass is 32.1. The van der Waals surface area contributed by atoms with Gasteiger partial charge >= 0.3 is 0 Å². The molecular formula is C13H13N3O3S2. The Balaban J connectivity index is 1.81. The molecule has 8 heteroatoms. The molecule has 110 valence electrons. The predicted molar refractivity (Wildman–Crippen MR) is 78.9 cm³/mol. The number of carbonyl (C=O) groups is 2. The maximum Gasteiger partial charge on any atom is 0.284 e. The molecule has 2 aromatic rings. The van der Waals surface area contributed by atoms with Crippen molar-refractivity contribution < 1.29 is 14.8 Å². The van der Waals surface area contributed by atoms with E-state index >= 15 is 0 Å². The van der Waals surface area contributed by atoms with Crippen LogP contribution in [0.15, 0.2) is 11.6 Å². The molecule has 3 rings (SSSR count). The lowest BCUT2D eigenvalue weighted by Crippen LogP contribution is -2.35. The molecule has 6 nitrogen and oxygen atoms in total. The molecular weight excluding hydrogens is 310 g/mol. The van der Waals surface area contributed by atoms with Gasteiger partial charge in [-0.05, 0) is 25.0 Å². The molecule has 0 saturated heterocycles. The molecule has 2 N–H and O–H groups in total. The van der Waals surface area contributed by atoms with Gasteiger partial charge in [0, 0.05) is 11.4 Å². The third-order valence-electron chi connectivity index (χ3n) is 3.43. The van der Waals surface area contributed by atoms with E-state index in [1.165, 1.54) is 22.7 Å². The lowest BCUT2D eigenvalue weighted by Gasteiger charge is -2.26. The Kier molecular flexibility index (Phi) is 3.75. The molecule has 0 atom stereocenters. The van der Waals surface area contributed by atoms with Crippen LogP contribution in [0, 0.1) is 6.92 Å². The summed E-state index contributed by atoms with van der Waals surface area (Å²) in [6, 6.07) is 1.78. The molecule has 3 heterocycles. The number of fused-ring (bicyclic) bond motifs is 1. The van der Waals surface area contributed by atoms with E-state index in [9.17, 15) is 9.59 Å². The second kappa shape index (κ2) is 5.55. The minimum atomic E-state index is -0.509. The fraction of sp³-hybridized carbons (Fsp3) is 0.308. The van der Waals surface area contributed by atoms with Gasteiger partial charge < -0.3 is 4.90 Å². The zero-order chi connectivity index (χ0) is 15.0. The Morgan fingerprint density at radius 1 is 1.48 bits per heavy atom. The van der Waals surface area contributed by atoms with E-state index in [2.05, 4.69) is 4.98 Å². The number of rotatable bonds is 2. The van der Waals surface area contributed by atoms with Gasteiger partial charge in [0.15, 0.2) is 0 Å². The van der Waals surface area contributed by atoms with Gasteiger partial charge in [-0.25, -0.2) is 10.5 Å². The number of nitrogens with one attached hydrogen (secondary N) is 1. The molecule has 21 heavy (non-hydrogen) atoms. The number of aryl methyl sites for hydroxylation is 1. The van der Waals surface area contributed by atoms with E-state index in [0.717, 1.165) is 16.1 Å². The van der Waals surface area contributed by atoms with Crippen molar-refractivity contribution in [2.24, 2.45) is 0 Å². The van der Waals surface area contributed by atoms with E-state index in [1.54, 1.807) is 22.0 Å². The first-order valence-electron chi connectivity index (χ1n) is 6.35. The Morgan fingerprint density at radius 3 is 2.95 bits per heavy atom. The molecule has 0 fully saturated rings. The Labute approximate surface area is 129 Å². The summed E-state index contributed by atoms with van der Waals surface area (Å²) in [4.78, 5) is 31.9. The third-order valence-corrected chi connectivity index (χ3v) is 5.51. The standard InChI is InChI=1S/C13H13N3O3S2/c1-7-11(20-6-14-7)13(18)16-3-2-8-4-9(12(17)15-19)21-10(8)5-16/h4,6,19H,2-3,5H2,1H3,(H,15,17). The van der Waals surface area contributed by atoms with Crippen LogP contribution in [0.25, 0.3) is 0 Å². The van der Waals surface area contributed by atoms with Crippen molar-refractivity contribution >= 4 is 34.5 Å². The first kappa shape index (κ1) is 14.2. The summed E-state index contributed by atoms with van der Waals surface area (Å²) in [5, 5.41) is 8.68. The number of thiazole rings is 1. The van der Waals surface area contributed by atoms with Crippen molar-refractivity contribution in [1.29, 1.82) is 0 Å². The molecule has 0 saturated carbocycles. The first-order valence-corrected chi connectivity index (χ1v) is 8.05. The van der Waals surface area contributed by atoms with Crippen molar-refractivity contribution in [3.05, 3.63) is 37.5 Å². The van der Waals surface area contributed by atoms with Crippen LogP contribution >= 0.6 is 22.7 Å². The summed E-state index contributed by atoms with van der Waals surface area (Å²) in [5.74, 6) is -0.521. The van der Waals surface area contributed by atoms with E-state index in [4.69, 9.17) is 5.21 Å². The van der Waals surface area contributed by atoms with Gasteiger partial charge in [0.2, 0.25) is 0 Å². The summed E-state index contributed by atoms with van der Waals surface area (Å²) in [5.41, 5.74) is 5.14. The lowest BCUT2D eigenvalue weighted by molar-refractivity contribution is 0.0709. The topological polar surface area (TPSA) is 82.5 Å². The van der Waals surface area contributed by atoms with Gasteiger partial charge in [-0.2, -0.15) is 0 Å². The Hall–Kier alpha value is -1.77. The minimum Gasteiger partial charge on any atom is -0.332 e. The highest BCUT2D eigenvalue weighted by molar-refractivity contribution is 7.14. The average molecular weight is 323 g/mol. The van der Waals surface area contributed by atoms with Crippen LogP contribution in [0.2, 0.25) is 0 Å². The zero-order valence-corrected chi connectivity index (χ0v) is 12.9. The maximum absolute atomic E-state index is 12.5. The Bertz CT molecular complexity index is 707. The number of carbonyl (C=O) groups excluding carboxylic acids is 2. The van der Waals surface area contributed by atoms with Crippen LogP contribution in [0.4, 0.5) is 0 Å². The van der Waals surface area contributed by atoms with Crippen LogP contribution < -0.4 is 5.48 Å². The first-order chi connectivity index (χ1) is 10.1. The van der Waals surface area contributed by atoms with Crippen molar-refractivity contribution in [3.63, 3.8) is 0 Å². The van der Waals surface area contributed by atoms with Gasteiger partial charge in [0.05, 0.1) is 22.6 Å². The number of thiophene rings is 1. The van der Waals surface area contributed by atoms with Crippen molar-refractivity contribution in [2.75, 3.05) is 6.54 Å². The second-order valence-corrected chi connectivity index (χ2v) is 6.74. The number of hydrogen-bond donors (Lipinski definition) is 2. The summed E-state index contributed by atoms with van der Waals surface area (Å²) in [7, 11) is 0. The predicted octanol–water partition coefficient (Wildman–Crippen LogP) is 1.83. The summed E-state index contributed by atoms with van der Waals surface area (Å²) >= 11 is 2.66. The molecule has 0 spiro atoms. The number of nitrogens with zero attached hydrogens (tertiary/aromatic N) is 2. The third kappa shape index (κ3) is 2.57. The number of hydroxylamine groups is 1. The summed E-state index contributed by atoms with van der Waals surface area (Å²) < 4.78 is 0. The molecule has 2 amide bonds. The van der Waals surface area contributed by atoms with Crippen LogP contribution in [0.5, 0.6) is 0 Å². The largest absolute Gasteiger partial charge is 0.332 e. The fourth-order valence-corrected chi connectivity index (χ4v) is 4.20. The maximum atomic E-state index is 12.5. The molecule has 0 aliphatic carbocycles. The van der Waals surface area contributed by atoms with E-state index in [1.807, 2.05) is 6.92 Å². The molecule has 1 aliphatic rings. The zero-order valence-electron chi connectivity index (χ0n) is 11.3. The summed E-state index contributed by atoms with van der Waals surface area (Å²) in [6.45, 7) is 2.95. The minimum absolute atomic E-state index is 0.0118. The van der Waals surface area contributed by atoms with E-state index in [0.29, 0.717) is 29.3 Å². The molecule has 0 aromatic carbocycles. The average Bonchev–Trinajstić information content (AvgIpc) is 3.10. The molecule has 0 radical (unpaired) electrons. The molecule has 2 aromatic heterocycles. The van der Waals surface area contributed by atoms with Gasteiger partial charge in [-0.1, -0.05) is 0 Å². The quantitative estimate of drug-likeness (QED) is 0.652. The highest BCUT2D eigenvalue weighted by Crippen LogP contribution is 2.29.